The van der Waals surface area contributed by atoms with Crippen molar-refractivity contribution in [2.75, 3.05) is 4.90 Å². The molecule has 0 radical (unpaired) electrons. The van der Waals surface area contributed by atoms with Crippen LogP contribution in [0.15, 0.2) is 47.6 Å². The Morgan fingerprint density at radius 1 is 0.917 bits per heavy atom. The number of carbonyl (C=O) groups excluding carboxylic acids is 2. The van der Waals surface area contributed by atoms with Crippen LogP contribution in [-0.2, 0) is 9.59 Å². The van der Waals surface area contributed by atoms with Crippen molar-refractivity contribution in [3.05, 3.63) is 53.1 Å². The zero-order chi connectivity index (χ0) is 16.4. The largest absolute Gasteiger partial charge is 0.274 e. The van der Waals surface area contributed by atoms with Crippen LogP contribution in [0.25, 0.3) is 0 Å². The number of allylic oxidation sites excluding steroid dienone is 4. The van der Waals surface area contributed by atoms with Crippen molar-refractivity contribution in [3.63, 3.8) is 0 Å². The summed E-state index contributed by atoms with van der Waals surface area (Å²) >= 11 is 0. The first-order valence-corrected chi connectivity index (χ1v) is 9.02. The van der Waals surface area contributed by atoms with E-state index in [4.69, 9.17) is 0 Å². The van der Waals surface area contributed by atoms with Crippen LogP contribution in [0, 0.1) is 30.6 Å². The molecule has 0 aromatic heterocycles. The summed E-state index contributed by atoms with van der Waals surface area (Å²) < 4.78 is 0. The molecule has 2 saturated carbocycles. The molecule has 0 N–H and O–H groups in total. The number of rotatable bonds is 1. The molecule has 0 unspecified atom stereocenters. The molecular weight excluding hydrogens is 298 g/mol. The second kappa shape index (κ2) is 4.92. The van der Waals surface area contributed by atoms with Crippen LogP contribution in [0.5, 0.6) is 0 Å². The average Bonchev–Trinajstić information content (AvgIpc) is 3.32. The van der Waals surface area contributed by atoms with Gasteiger partial charge in [-0.3, -0.25) is 9.59 Å². The first-order valence-electron chi connectivity index (χ1n) is 9.02. The van der Waals surface area contributed by atoms with Crippen molar-refractivity contribution in [2.24, 2.45) is 23.7 Å². The summed E-state index contributed by atoms with van der Waals surface area (Å²) in [6, 6.07) is 7.69. The minimum absolute atomic E-state index is 0.00671. The highest BCUT2D eigenvalue weighted by Gasteiger charge is 2.62. The lowest BCUT2D eigenvalue weighted by Crippen LogP contribution is -2.33. The van der Waals surface area contributed by atoms with Crippen molar-refractivity contribution in [1.82, 2.24) is 0 Å². The maximum atomic E-state index is 13.1. The van der Waals surface area contributed by atoms with Crippen LogP contribution >= 0.6 is 0 Å². The molecule has 1 aliphatic heterocycles. The molecule has 4 aliphatic rings. The molecular formula is C21H21NO2. The van der Waals surface area contributed by atoms with E-state index in [9.17, 15) is 9.59 Å². The van der Waals surface area contributed by atoms with E-state index in [2.05, 4.69) is 12.2 Å². The van der Waals surface area contributed by atoms with E-state index in [1.54, 1.807) is 0 Å². The Morgan fingerprint density at radius 3 is 2.08 bits per heavy atom. The normalized spacial score (nSPS) is 34.0. The number of para-hydroxylation sites is 1. The van der Waals surface area contributed by atoms with Gasteiger partial charge in [0.15, 0.2) is 0 Å². The Balaban J connectivity index is 1.57. The summed E-state index contributed by atoms with van der Waals surface area (Å²) in [5.74, 6) is 0.00189. The van der Waals surface area contributed by atoms with Gasteiger partial charge in [0.25, 0.3) is 0 Å². The SMILES string of the molecule is Cc1ccccc1N1C(=O)[C@@H]2[C@H](C1=O)[C@H]1C=C[C@@H]2C1=C1CCCC1. The van der Waals surface area contributed by atoms with Gasteiger partial charge in [0.2, 0.25) is 11.8 Å². The molecule has 3 aliphatic carbocycles. The van der Waals surface area contributed by atoms with Crippen LogP contribution in [0.1, 0.15) is 31.2 Å². The molecule has 4 atom stereocenters. The van der Waals surface area contributed by atoms with Gasteiger partial charge in [-0.05, 0) is 44.2 Å². The molecule has 3 nitrogen and oxygen atoms in total. The predicted molar refractivity (Wildman–Crippen MR) is 92.3 cm³/mol. The second-order valence-electron chi connectivity index (χ2n) is 7.55. The maximum Gasteiger partial charge on any atom is 0.238 e. The molecule has 1 aromatic carbocycles. The minimum atomic E-state index is -0.171. The van der Waals surface area contributed by atoms with E-state index >= 15 is 0 Å². The van der Waals surface area contributed by atoms with Crippen molar-refractivity contribution < 1.29 is 9.59 Å². The number of hydrogen-bond acceptors (Lipinski definition) is 2. The van der Waals surface area contributed by atoms with Gasteiger partial charge < -0.3 is 0 Å². The summed E-state index contributed by atoms with van der Waals surface area (Å²) in [6.45, 7) is 1.96. The van der Waals surface area contributed by atoms with Gasteiger partial charge in [0.1, 0.15) is 0 Å². The topological polar surface area (TPSA) is 37.4 Å². The number of fused-ring (bicyclic) bond motifs is 5. The fourth-order valence-corrected chi connectivity index (χ4v) is 5.38. The van der Waals surface area contributed by atoms with Crippen molar-refractivity contribution in [3.8, 4) is 0 Å². The number of imide groups is 1. The standard InChI is InChI=1S/C21H21NO2/c1-12-6-2-5-9-16(12)22-20(23)18-14-10-11-15(19(18)21(22)24)17(14)13-7-3-4-8-13/h2,5-6,9-11,14-15,18-19H,3-4,7-8H2,1H3/t14-,15+,18+,19-. The zero-order valence-corrected chi connectivity index (χ0v) is 13.9. The van der Waals surface area contributed by atoms with Crippen LogP contribution < -0.4 is 4.90 Å². The van der Waals surface area contributed by atoms with Crippen molar-refractivity contribution in [2.45, 2.75) is 32.6 Å². The van der Waals surface area contributed by atoms with E-state index in [1.165, 1.54) is 28.9 Å². The molecule has 0 spiro atoms. The Kier molecular flexibility index (Phi) is 2.91. The third-order valence-corrected chi connectivity index (χ3v) is 6.39. The number of amides is 2. The van der Waals surface area contributed by atoms with E-state index in [1.807, 2.05) is 31.2 Å². The molecule has 3 heteroatoms. The molecule has 1 heterocycles. The van der Waals surface area contributed by atoms with Gasteiger partial charge >= 0.3 is 0 Å². The van der Waals surface area contributed by atoms with Crippen LogP contribution in [0.2, 0.25) is 0 Å². The number of carbonyl (C=O) groups is 2. The summed E-state index contributed by atoms with van der Waals surface area (Å²) in [5.41, 5.74) is 4.70. The zero-order valence-electron chi connectivity index (χ0n) is 13.9. The molecule has 2 amide bonds. The van der Waals surface area contributed by atoms with Crippen LogP contribution in [-0.4, -0.2) is 11.8 Å². The summed E-state index contributed by atoms with van der Waals surface area (Å²) in [5, 5.41) is 0. The van der Waals surface area contributed by atoms with E-state index < -0.39 is 0 Å². The maximum absolute atomic E-state index is 13.1. The lowest BCUT2D eigenvalue weighted by molar-refractivity contribution is -0.122. The van der Waals surface area contributed by atoms with Crippen LogP contribution in [0.3, 0.4) is 0 Å². The number of benzene rings is 1. The van der Waals surface area contributed by atoms with Gasteiger partial charge in [-0.2, -0.15) is 0 Å². The smallest absolute Gasteiger partial charge is 0.238 e. The number of hydrogen-bond donors (Lipinski definition) is 0. The monoisotopic (exact) mass is 319 g/mol. The Labute approximate surface area is 142 Å². The third-order valence-electron chi connectivity index (χ3n) is 6.39. The number of nitrogens with zero attached hydrogens (tertiary/aromatic N) is 1. The first kappa shape index (κ1) is 14.2. The highest BCUT2D eigenvalue weighted by atomic mass is 16.2. The molecule has 5 rings (SSSR count). The molecule has 122 valence electrons. The minimum Gasteiger partial charge on any atom is -0.274 e. The van der Waals surface area contributed by atoms with Gasteiger partial charge in [-0.1, -0.05) is 41.5 Å². The third kappa shape index (κ3) is 1.68. The average molecular weight is 319 g/mol. The molecule has 1 saturated heterocycles. The summed E-state index contributed by atoms with van der Waals surface area (Å²) in [6.07, 6.45) is 9.22. The van der Waals surface area contributed by atoms with E-state index in [-0.39, 0.29) is 35.5 Å². The van der Waals surface area contributed by atoms with Crippen molar-refractivity contribution in [1.29, 1.82) is 0 Å². The van der Waals surface area contributed by atoms with Gasteiger partial charge in [0.05, 0.1) is 17.5 Å². The Morgan fingerprint density at radius 2 is 1.50 bits per heavy atom. The Bertz CT molecular complexity index is 777. The number of anilines is 1. The van der Waals surface area contributed by atoms with Gasteiger partial charge in [0, 0.05) is 11.8 Å². The van der Waals surface area contributed by atoms with E-state index in [0.29, 0.717) is 0 Å². The summed E-state index contributed by atoms with van der Waals surface area (Å²) in [4.78, 5) is 27.8. The predicted octanol–water partition coefficient (Wildman–Crippen LogP) is 3.79. The number of aryl methyl sites for hydroxylation is 1. The molecule has 2 bridgehead atoms. The second-order valence-corrected chi connectivity index (χ2v) is 7.55. The van der Waals surface area contributed by atoms with Crippen molar-refractivity contribution >= 4 is 17.5 Å². The summed E-state index contributed by atoms with van der Waals surface area (Å²) in [7, 11) is 0. The fourth-order valence-electron chi connectivity index (χ4n) is 5.38. The lowest BCUT2D eigenvalue weighted by Gasteiger charge is -2.21. The molecule has 3 fully saturated rings. The van der Waals surface area contributed by atoms with Crippen LogP contribution in [0.4, 0.5) is 5.69 Å². The first-order chi connectivity index (χ1) is 11.7. The van der Waals surface area contributed by atoms with Gasteiger partial charge in [-0.15, -0.1) is 0 Å². The highest BCUT2D eigenvalue weighted by molar-refractivity contribution is 6.23. The van der Waals surface area contributed by atoms with Gasteiger partial charge in [-0.25, -0.2) is 4.90 Å². The highest BCUT2D eigenvalue weighted by Crippen LogP contribution is 2.58. The lowest BCUT2D eigenvalue weighted by atomic mass is 9.85. The molecule has 1 aromatic rings. The quantitative estimate of drug-likeness (QED) is 0.583. The fraction of sp³-hybridized carbons (Fsp3) is 0.429. The molecule has 24 heavy (non-hydrogen) atoms. The Hall–Kier alpha value is -2.16. The van der Waals surface area contributed by atoms with E-state index in [0.717, 1.165) is 24.1 Å².